The van der Waals surface area contributed by atoms with Gasteiger partial charge in [0.15, 0.2) is 5.37 Å². The van der Waals surface area contributed by atoms with Crippen molar-refractivity contribution in [2.24, 2.45) is 0 Å². The van der Waals surface area contributed by atoms with Crippen molar-refractivity contribution in [2.45, 2.75) is 17.6 Å². The molecule has 21 heavy (non-hydrogen) atoms. The molecule has 0 unspecified atom stereocenters. The van der Waals surface area contributed by atoms with Crippen LogP contribution in [-0.2, 0) is 4.79 Å². The topological polar surface area (TPSA) is 69.6 Å². The number of urea groups is 1. The predicted molar refractivity (Wildman–Crippen MR) is 71.0 cm³/mol. The van der Waals surface area contributed by atoms with Gasteiger partial charge in [-0.05, 0) is 12.1 Å². The molecule has 9 heteroatoms. The monoisotopic (exact) mass is 320 g/mol. The van der Waals surface area contributed by atoms with Gasteiger partial charge in [-0.3, -0.25) is 4.90 Å². The highest BCUT2D eigenvalue weighted by Crippen LogP contribution is 2.40. The van der Waals surface area contributed by atoms with Crippen LogP contribution in [0.15, 0.2) is 30.3 Å². The number of nitrogens with zero attached hydrogens (tertiary/aromatic N) is 1. The minimum atomic E-state index is -4.69. The summed E-state index contributed by atoms with van der Waals surface area (Å²) in [6.07, 6.45) is -4.69. The first-order valence-electron chi connectivity index (χ1n) is 5.86. The summed E-state index contributed by atoms with van der Waals surface area (Å²) >= 11 is 0.392. The fraction of sp³-hybridized carbons (Fsp3) is 0.333. The van der Waals surface area contributed by atoms with Crippen LogP contribution < -0.4 is 5.32 Å². The van der Waals surface area contributed by atoms with Gasteiger partial charge in [0.1, 0.15) is 6.04 Å². The fourth-order valence-electron chi connectivity index (χ4n) is 1.91. The molecule has 5 nitrogen and oxygen atoms in total. The molecule has 0 aromatic heterocycles. The quantitative estimate of drug-likeness (QED) is 0.879. The Balaban J connectivity index is 2.22. The summed E-state index contributed by atoms with van der Waals surface area (Å²) in [5.74, 6) is -1.76. The van der Waals surface area contributed by atoms with E-state index in [-0.39, 0.29) is 5.75 Å². The van der Waals surface area contributed by atoms with E-state index < -0.39 is 29.6 Å². The molecule has 0 aliphatic carbocycles. The van der Waals surface area contributed by atoms with Crippen LogP contribution in [0.25, 0.3) is 0 Å². The summed E-state index contributed by atoms with van der Waals surface area (Å²) in [4.78, 5) is 23.4. The van der Waals surface area contributed by atoms with E-state index in [4.69, 9.17) is 5.11 Å². The summed E-state index contributed by atoms with van der Waals surface area (Å²) in [7, 11) is 0. The van der Waals surface area contributed by atoms with Gasteiger partial charge in [-0.1, -0.05) is 18.2 Å². The number of amides is 2. The molecule has 2 atom stereocenters. The summed E-state index contributed by atoms with van der Waals surface area (Å²) in [5, 5.41) is 9.10. The SMILES string of the molecule is O=C(O)[C@H]1CS[C@H](C(F)(F)F)N1C(=O)Nc1ccccc1. The Bertz CT molecular complexity index is 538. The van der Waals surface area contributed by atoms with Crippen LogP contribution in [0.4, 0.5) is 23.7 Å². The van der Waals surface area contributed by atoms with E-state index in [2.05, 4.69) is 5.32 Å². The molecule has 1 aliphatic rings. The van der Waals surface area contributed by atoms with Crippen molar-refractivity contribution in [2.75, 3.05) is 11.1 Å². The number of carbonyl (C=O) groups is 2. The summed E-state index contributed by atoms with van der Waals surface area (Å²) in [5.41, 5.74) is 0.296. The van der Waals surface area contributed by atoms with Crippen LogP contribution >= 0.6 is 11.8 Å². The van der Waals surface area contributed by atoms with Gasteiger partial charge in [0, 0.05) is 11.4 Å². The Labute approximate surface area is 122 Å². The molecule has 0 spiro atoms. The van der Waals surface area contributed by atoms with Gasteiger partial charge in [0.2, 0.25) is 0 Å². The van der Waals surface area contributed by atoms with Crippen LogP contribution in [0.2, 0.25) is 0 Å². The Morgan fingerprint density at radius 3 is 2.43 bits per heavy atom. The Morgan fingerprint density at radius 2 is 1.90 bits per heavy atom. The van der Waals surface area contributed by atoms with Crippen molar-refractivity contribution in [1.82, 2.24) is 4.90 Å². The smallest absolute Gasteiger partial charge is 0.418 e. The van der Waals surface area contributed by atoms with E-state index in [9.17, 15) is 22.8 Å². The van der Waals surface area contributed by atoms with Gasteiger partial charge in [-0.2, -0.15) is 13.2 Å². The molecular formula is C12H11F3N2O3S. The first kappa shape index (κ1) is 15.5. The first-order chi connectivity index (χ1) is 9.80. The number of carboxylic acids is 1. The number of nitrogens with one attached hydrogen (secondary N) is 1. The number of aliphatic carboxylic acids is 1. The normalized spacial score (nSPS) is 22.1. The fourth-order valence-corrected chi connectivity index (χ4v) is 3.17. The number of rotatable bonds is 2. The lowest BCUT2D eigenvalue weighted by molar-refractivity contribution is -0.158. The third-order valence-corrected chi connectivity index (χ3v) is 4.14. The number of para-hydroxylation sites is 1. The lowest BCUT2D eigenvalue weighted by Gasteiger charge is -2.28. The molecule has 2 N–H and O–H groups in total. The Hall–Kier alpha value is -1.90. The molecule has 2 rings (SSSR count). The number of hydrogen-bond acceptors (Lipinski definition) is 3. The lowest BCUT2D eigenvalue weighted by Crippen LogP contribution is -2.51. The number of hydrogen-bond donors (Lipinski definition) is 2. The van der Waals surface area contributed by atoms with Crippen molar-refractivity contribution in [3.8, 4) is 0 Å². The van der Waals surface area contributed by atoms with Crippen molar-refractivity contribution >= 4 is 29.4 Å². The predicted octanol–water partition coefficient (Wildman–Crippen LogP) is 2.61. The van der Waals surface area contributed by atoms with Gasteiger partial charge in [0.05, 0.1) is 0 Å². The molecule has 1 fully saturated rings. The van der Waals surface area contributed by atoms with Gasteiger partial charge in [0.25, 0.3) is 0 Å². The van der Waals surface area contributed by atoms with E-state index in [0.717, 1.165) is 0 Å². The van der Waals surface area contributed by atoms with Crippen molar-refractivity contribution in [1.29, 1.82) is 0 Å². The van der Waals surface area contributed by atoms with Crippen LogP contribution in [0, 0.1) is 0 Å². The van der Waals surface area contributed by atoms with E-state index in [1.165, 1.54) is 12.1 Å². The number of anilines is 1. The molecular weight excluding hydrogens is 309 g/mol. The molecule has 0 bridgehead atoms. The van der Waals surface area contributed by atoms with E-state index >= 15 is 0 Å². The highest BCUT2D eigenvalue weighted by Gasteiger charge is 2.54. The number of carbonyl (C=O) groups excluding carboxylic acids is 1. The molecule has 1 aliphatic heterocycles. The second-order valence-electron chi connectivity index (χ2n) is 4.28. The second-order valence-corrected chi connectivity index (χ2v) is 5.40. The lowest BCUT2D eigenvalue weighted by atomic mass is 10.3. The van der Waals surface area contributed by atoms with Gasteiger partial charge in [-0.15, -0.1) is 11.8 Å². The maximum Gasteiger partial charge on any atom is 0.418 e. The molecule has 114 valence electrons. The number of thioether (sulfide) groups is 1. The average Bonchev–Trinajstić information content (AvgIpc) is 2.84. The third kappa shape index (κ3) is 3.41. The van der Waals surface area contributed by atoms with Gasteiger partial charge < -0.3 is 10.4 Å². The third-order valence-electron chi connectivity index (χ3n) is 2.83. The highest BCUT2D eigenvalue weighted by molar-refractivity contribution is 8.00. The minimum absolute atomic E-state index is 0.296. The number of benzene rings is 1. The maximum absolute atomic E-state index is 12.9. The van der Waals surface area contributed by atoms with Crippen LogP contribution in [-0.4, -0.2) is 45.4 Å². The molecule has 2 amide bonds. The largest absolute Gasteiger partial charge is 0.480 e. The zero-order valence-corrected chi connectivity index (χ0v) is 11.3. The molecule has 0 radical (unpaired) electrons. The molecule has 1 aromatic carbocycles. The van der Waals surface area contributed by atoms with Gasteiger partial charge in [-0.25, -0.2) is 9.59 Å². The van der Waals surface area contributed by atoms with Crippen LogP contribution in [0.1, 0.15) is 0 Å². The maximum atomic E-state index is 12.9. The summed E-state index contributed by atoms with van der Waals surface area (Å²) in [6.45, 7) is 0. The second kappa shape index (κ2) is 5.84. The molecule has 0 saturated carbocycles. The van der Waals surface area contributed by atoms with Crippen LogP contribution in [0.5, 0.6) is 0 Å². The van der Waals surface area contributed by atoms with Crippen LogP contribution in [0.3, 0.4) is 0 Å². The number of halogens is 3. The van der Waals surface area contributed by atoms with Gasteiger partial charge >= 0.3 is 18.2 Å². The Kier molecular flexibility index (Phi) is 4.31. The van der Waals surface area contributed by atoms with E-state index in [1.807, 2.05) is 0 Å². The zero-order valence-electron chi connectivity index (χ0n) is 10.5. The molecule has 1 aromatic rings. The summed E-state index contributed by atoms with van der Waals surface area (Å²) < 4.78 is 38.7. The molecule has 1 heterocycles. The zero-order chi connectivity index (χ0) is 15.6. The first-order valence-corrected chi connectivity index (χ1v) is 6.91. The summed E-state index contributed by atoms with van der Waals surface area (Å²) in [6, 6.07) is 5.29. The number of alkyl halides is 3. The van der Waals surface area contributed by atoms with Crippen molar-refractivity contribution < 1.29 is 27.9 Å². The molecule has 1 saturated heterocycles. The van der Waals surface area contributed by atoms with Crippen molar-refractivity contribution in [3.05, 3.63) is 30.3 Å². The van der Waals surface area contributed by atoms with Crippen molar-refractivity contribution in [3.63, 3.8) is 0 Å². The Morgan fingerprint density at radius 1 is 1.29 bits per heavy atom. The number of carboxylic acid groups (broad SMARTS) is 1. The minimum Gasteiger partial charge on any atom is -0.480 e. The van der Waals surface area contributed by atoms with E-state index in [0.29, 0.717) is 22.3 Å². The average molecular weight is 320 g/mol. The standard InChI is InChI=1S/C12H11F3N2O3S/c13-12(14,15)10-17(8(6-21-10)9(18)19)11(20)16-7-4-2-1-3-5-7/h1-5,8,10H,6H2,(H,16,20)(H,18,19)/t8-,10-/m1/s1. The highest BCUT2D eigenvalue weighted by atomic mass is 32.2. The van der Waals surface area contributed by atoms with E-state index in [1.54, 1.807) is 18.2 Å².